The molecule has 0 saturated heterocycles. The zero-order valence-electron chi connectivity index (χ0n) is 12.8. The first-order valence-corrected chi connectivity index (χ1v) is 7.30. The topological polar surface area (TPSA) is 0 Å². The summed E-state index contributed by atoms with van der Waals surface area (Å²) in [5.74, 6) is 0. The Morgan fingerprint density at radius 1 is 0.905 bits per heavy atom. The third-order valence-electron chi connectivity index (χ3n) is 3.97. The van der Waals surface area contributed by atoms with Crippen molar-refractivity contribution in [3.05, 3.63) is 108 Å². The molecule has 0 aliphatic carbocycles. The molecule has 0 heterocycles. The van der Waals surface area contributed by atoms with Gasteiger partial charge >= 0.3 is 0 Å². The van der Waals surface area contributed by atoms with Gasteiger partial charge in [0, 0.05) is 5.41 Å². The fourth-order valence-electron chi connectivity index (χ4n) is 2.68. The van der Waals surface area contributed by atoms with Crippen LogP contribution in [0.4, 0.5) is 0 Å². The van der Waals surface area contributed by atoms with Gasteiger partial charge in [-0.05, 0) is 30.5 Å². The Morgan fingerprint density at radius 2 is 1.38 bits per heavy atom. The van der Waals surface area contributed by atoms with Gasteiger partial charge in [0.25, 0.3) is 0 Å². The van der Waals surface area contributed by atoms with Crippen LogP contribution in [-0.2, 0) is 5.41 Å². The second kappa shape index (κ2) is 6.90. The molecule has 0 aliphatic heterocycles. The molecule has 106 valence electrons. The van der Waals surface area contributed by atoms with E-state index in [0.29, 0.717) is 0 Å². The Morgan fingerprint density at radius 3 is 1.76 bits per heavy atom. The average Bonchev–Trinajstić information content (AvgIpc) is 2.57. The highest BCUT2D eigenvalue weighted by Crippen LogP contribution is 2.39. The molecule has 0 radical (unpaired) electrons. The Labute approximate surface area is 128 Å². The average molecular weight is 274 g/mol. The predicted molar refractivity (Wildman–Crippen MR) is 92.4 cm³/mol. The van der Waals surface area contributed by atoms with E-state index in [0.717, 1.165) is 0 Å². The van der Waals surface area contributed by atoms with E-state index in [2.05, 4.69) is 86.3 Å². The molecule has 0 atom stereocenters. The summed E-state index contributed by atoms with van der Waals surface area (Å²) in [5.41, 5.74) is 3.53. The normalized spacial score (nSPS) is 12.6. The molecule has 0 aliphatic rings. The van der Waals surface area contributed by atoms with E-state index < -0.39 is 0 Å². The van der Waals surface area contributed by atoms with E-state index in [1.54, 1.807) is 0 Å². The molecule has 0 saturated carbocycles. The molecule has 0 nitrogen and oxygen atoms in total. The summed E-state index contributed by atoms with van der Waals surface area (Å²) >= 11 is 0. The smallest absolute Gasteiger partial charge is 0.0423 e. The molecule has 0 unspecified atom stereocenters. The van der Waals surface area contributed by atoms with Crippen LogP contribution in [0.2, 0.25) is 0 Å². The number of benzene rings is 2. The maximum absolute atomic E-state index is 4.03. The van der Waals surface area contributed by atoms with Crippen LogP contribution in [0.3, 0.4) is 0 Å². The van der Waals surface area contributed by atoms with Crippen LogP contribution < -0.4 is 0 Å². The molecule has 0 N–H and O–H groups in total. The van der Waals surface area contributed by atoms with Gasteiger partial charge in [-0.2, -0.15) is 0 Å². The van der Waals surface area contributed by atoms with Crippen molar-refractivity contribution in [1.29, 1.82) is 0 Å². The Balaban J connectivity index is 2.68. The van der Waals surface area contributed by atoms with Crippen LogP contribution in [-0.4, -0.2) is 0 Å². The summed E-state index contributed by atoms with van der Waals surface area (Å²) in [6, 6.07) is 21.2. The summed E-state index contributed by atoms with van der Waals surface area (Å²) in [5, 5.41) is 0. The minimum atomic E-state index is -0.205. The molecule has 0 amide bonds. The van der Waals surface area contributed by atoms with E-state index in [9.17, 15) is 0 Å². The lowest BCUT2D eigenvalue weighted by molar-refractivity contribution is 0.691. The number of rotatable bonds is 5. The zero-order valence-corrected chi connectivity index (χ0v) is 12.8. The zero-order chi connectivity index (χ0) is 15.1. The van der Waals surface area contributed by atoms with Crippen LogP contribution in [0.25, 0.3) is 0 Å². The highest BCUT2D eigenvalue weighted by molar-refractivity contribution is 5.51. The lowest BCUT2D eigenvalue weighted by Gasteiger charge is -2.32. The van der Waals surface area contributed by atoms with Crippen LogP contribution in [0.15, 0.2) is 97.1 Å². The van der Waals surface area contributed by atoms with Crippen molar-refractivity contribution in [1.82, 2.24) is 0 Å². The Hall–Kier alpha value is -2.34. The van der Waals surface area contributed by atoms with Crippen LogP contribution >= 0.6 is 0 Å². The number of hydrogen-bond donors (Lipinski definition) is 0. The van der Waals surface area contributed by atoms with Crippen molar-refractivity contribution in [3.63, 3.8) is 0 Å². The molecule has 0 bridgehead atoms. The molecule has 2 aromatic rings. The van der Waals surface area contributed by atoms with Gasteiger partial charge in [0.2, 0.25) is 0 Å². The molecule has 0 fully saturated rings. The van der Waals surface area contributed by atoms with Gasteiger partial charge in [-0.25, -0.2) is 0 Å². The molecular formula is C21H22. The first-order chi connectivity index (χ1) is 10.2. The SMILES string of the molecule is C=C/C(=C\C=C/C)C(C)(c1ccccc1)c1ccccc1. The summed E-state index contributed by atoms with van der Waals surface area (Å²) in [6.07, 6.45) is 8.22. The molecule has 0 aromatic heterocycles. The lowest BCUT2D eigenvalue weighted by Crippen LogP contribution is -2.25. The van der Waals surface area contributed by atoms with E-state index in [-0.39, 0.29) is 5.41 Å². The van der Waals surface area contributed by atoms with Gasteiger partial charge in [0.05, 0.1) is 0 Å². The van der Waals surface area contributed by atoms with Gasteiger partial charge in [0.1, 0.15) is 0 Å². The quantitative estimate of drug-likeness (QED) is 0.615. The van der Waals surface area contributed by atoms with E-state index in [4.69, 9.17) is 0 Å². The second-order valence-electron chi connectivity index (χ2n) is 5.21. The summed E-state index contributed by atoms with van der Waals surface area (Å²) in [6.45, 7) is 8.31. The fraction of sp³-hybridized carbons (Fsp3) is 0.143. The second-order valence-corrected chi connectivity index (χ2v) is 5.21. The van der Waals surface area contributed by atoms with Crippen molar-refractivity contribution in [2.45, 2.75) is 19.3 Å². The van der Waals surface area contributed by atoms with E-state index in [1.807, 2.05) is 19.1 Å². The van der Waals surface area contributed by atoms with Crippen LogP contribution in [0.5, 0.6) is 0 Å². The molecule has 2 aromatic carbocycles. The van der Waals surface area contributed by atoms with Gasteiger partial charge in [-0.1, -0.05) is 91.5 Å². The van der Waals surface area contributed by atoms with Crippen molar-refractivity contribution < 1.29 is 0 Å². The van der Waals surface area contributed by atoms with E-state index >= 15 is 0 Å². The van der Waals surface area contributed by atoms with Crippen molar-refractivity contribution in [3.8, 4) is 0 Å². The molecule has 0 heteroatoms. The molecule has 2 rings (SSSR count). The Kier molecular flexibility index (Phi) is 4.94. The third kappa shape index (κ3) is 3.05. The minimum Gasteiger partial charge on any atom is -0.0987 e. The van der Waals surface area contributed by atoms with Crippen molar-refractivity contribution >= 4 is 0 Å². The summed E-state index contributed by atoms with van der Waals surface area (Å²) < 4.78 is 0. The van der Waals surface area contributed by atoms with Gasteiger partial charge in [0.15, 0.2) is 0 Å². The number of allylic oxidation sites excluding steroid dienone is 5. The summed E-state index contributed by atoms with van der Waals surface area (Å²) in [7, 11) is 0. The highest BCUT2D eigenvalue weighted by Gasteiger charge is 2.31. The van der Waals surface area contributed by atoms with Gasteiger partial charge < -0.3 is 0 Å². The third-order valence-corrected chi connectivity index (χ3v) is 3.97. The summed E-state index contributed by atoms with van der Waals surface area (Å²) in [4.78, 5) is 0. The lowest BCUT2D eigenvalue weighted by atomic mass is 9.70. The highest BCUT2D eigenvalue weighted by atomic mass is 14.3. The number of hydrogen-bond acceptors (Lipinski definition) is 0. The van der Waals surface area contributed by atoms with Gasteiger partial charge in [-0.3, -0.25) is 0 Å². The van der Waals surface area contributed by atoms with Crippen molar-refractivity contribution in [2.24, 2.45) is 0 Å². The first-order valence-electron chi connectivity index (χ1n) is 7.30. The van der Waals surface area contributed by atoms with Crippen LogP contribution in [0, 0.1) is 0 Å². The molecular weight excluding hydrogens is 252 g/mol. The fourth-order valence-corrected chi connectivity index (χ4v) is 2.68. The monoisotopic (exact) mass is 274 g/mol. The predicted octanol–water partition coefficient (Wildman–Crippen LogP) is 5.68. The first kappa shape index (κ1) is 15.1. The van der Waals surface area contributed by atoms with E-state index in [1.165, 1.54) is 16.7 Å². The van der Waals surface area contributed by atoms with Crippen LogP contribution in [0.1, 0.15) is 25.0 Å². The minimum absolute atomic E-state index is 0.205. The maximum Gasteiger partial charge on any atom is 0.0423 e. The maximum atomic E-state index is 4.03. The van der Waals surface area contributed by atoms with Crippen molar-refractivity contribution in [2.75, 3.05) is 0 Å². The Bertz CT molecular complexity index is 591. The molecule has 0 spiro atoms. The largest absolute Gasteiger partial charge is 0.0987 e. The van der Waals surface area contributed by atoms with Gasteiger partial charge in [-0.15, -0.1) is 0 Å². The standard InChI is InChI=1S/C21H22/c1-4-6-13-18(5-2)21(3,19-14-9-7-10-15-19)20-16-11-8-12-17-20/h4-17H,2H2,1,3H3/b6-4-,18-13+. The molecule has 21 heavy (non-hydrogen) atoms.